The van der Waals surface area contributed by atoms with Crippen LogP contribution in [0, 0.1) is 5.82 Å². The molecule has 31 heavy (non-hydrogen) atoms. The number of H-pyrrole nitrogens is 2. The van der Waals surface area contributed by atoms with Gasteiger partial charge in [0.1, 0.15) is 17.0 Å². The Hall–Kier alpha value is -3.85. The van der Waals surface area contributed by atoms with Crippen molar-refractivity contribution in [1.82, 2.24) is 30.1 Å². The van der Waals surface area contributed by atoms with Crippen LogP contribution in [0.15, 0.2) is 48.9 Å². The van der Waals surface area contributed by atoms with Crippen molar-refractivity contribution in [2.45, 2.75) is 0 Å². The number of anilines is 1. The first-order valence-corrected chi connectivity index (χ1v) is 10.0. The first kappa shape index (κ1) is 18.0. The maximum absolute atomic E-state index is 13.6. The number of halogens is 1. The molecule has 1 aliphatic rings. The van der Waals surface area contributed by atoms with Gasteiger partial charge in [-0.3, -0.25) is 10.1 Å². The fourth-order valence-electron chi connectivity index (χ4n) is 3.98. The number of hydrogen-bond acceptors (Lipinski definition) is 6. The van der Waals surface area contributed by atoms with E-state index in [1.807, 2.05) is 24.3 Å². The normalized spacial score (nSPS) is 14.5. The van der Waals surface area contributed by atoms with Crippen LogP contribution in [0.4, 0.5) is 10.2 Å². The molecule has 1 saturated heterocycles. The van der Waals surface area contributed by atoms with Crippen LogP contribution in [0.25, 0.3) is 44.6 Å². The summed E-state index contributed by atoms with van der Waals surface area (Å²) in [5, 5.41) is 8.44. The molecule has 8 nitrogen and oxygen atoms in total. The summed E-state index contributed by atoms with van der Waals surface area (Å²) in [7, 11) is 0. The third-order valence-electron chi connectivity index (χ3n) is 5.52. The highest BCUT2D eigenvalue weighted by atomic mass is 19.1. The highest BCUT2D eigenvalue weighted by molar-refractivity contribution is 5.97. The van der Waals surface area contributed by atoms with Gasteiger partial charge in [-0.25, -0.2) is 14.4 Å². The number of rotatable bonds is 3. The van der Waals surface area contributed by atoms with Gasteiger partial charge in [0, 0.05) is 36.4 Å². The van der Waals surface area contributed by atoms with E-state index in [0.717, 1.165) is 46.4 Å². The minimum absolute atomic E-state index is 0.370. The number of benzene rings is 1. The van der Waals surface area contributed by atoms with Crippen LogP contribution >= 0.6 is 0 Å². The minimum Gasteiger partial charge on any atom is -0.378 e. The molecule has 0 unspecified atom stereocenters. The lowest BCUT2D eigenvalue weighted by Crippen LogP contribution is -2.36. The number of nitrogens with zero attached hydrogens (tertiary/aromatic N) is 5. The monoisotopic (exact) mass is 415 g/mol. The van der Waals surface area contributed by atoms with E-state index in [4.69, 9.17) is 9.72 Å². The fourth-order valence-corrected chi connectivity index (χ4v) is 3.98. The standard InChI is InChI=1S/C22H18FN7O/c23-15-9-14(11-24-12-15)13-1-2-17-16(10-13)19(29-28-17)21-26-18-3-4-25-22(20(18)27-21)30-5-7-31-8-6-30/h1-4,9-12H,5-8H2,(H,26,27)(H,28,29). The fraction of sp³-hybridized carbons (Fsp3) is 0.182. The van der Waals surface area contributed by atoms with Crippen molar-refractivity contribution in [2.24, 2.45) is 0 Å². The van der Waals surface area contributed by atoms with E-state index in [9.17, 15) is 4.39 Å². The van der Waals surface area contributed by atoms with Crippen LogP contribution in [-0.4, -0.2) is 56.4 Å². The summed E-state index contributed by atoms with van der Waals surface area (Å²) in [6.45, 7) is 2.92. The molecule has 0 bridgehead atoms. The Kier molecular flexibility index (Phi) is 4.13. The summed E-state index contributed by atoms with van der Waals surface area (Å²) in [5.74, 6) is 1.12. The van der Waals surface area contributed by atoms with Crippen LogP contribution in [0.1, 0.15) is 0 Å². The molecule has 154 valence electrons. The predicted molar refractivity (Wildman–Crippen MR) is 115 cm³/mol. The predicted octanol–water partition coefficient (Wildman–Crippen LogP) is 3.54. The van der Waals surface area contributed by atoms with Gasteiger partial charge in [-0.15, -0.1) is 0 Å². The van der Waals surface area contributed by atoms with Crippen molar-refractivity contribution < 1.29 is 9.13 Å². The van der Waals surface area contributed by atoms with Crippen LogP contribution in [-0.2, 0) is 4.74 Å². The molecule has 4 aromatic heterocycles. The van der Waals surface area contributed by atoms with Gasteiger partial charge >= 0.3 is 0 Å². The van der Waals surface area contributed by atoms with Gasteiger partial charge in [0.15, 0.2) is 11.6 Å². The third-order valence-corrected chi connectivity index (χ3v) is 5.52. The third kappa shape index (κ3) is 3.10. The zero-order chi connectivity index (χ0) is 20.8. The number of fused-ring (bicyclic) bond motifs is 2. The van der Waals surface area contributed by atoms with E-state index in [0.29, 0.717) is 30.3 Å². The molecule has 1 aliphatic heterocycles. The molecular formula is C22H18FN7O. The molecule has 9 heteroatoms. The van der Waals surface area contributed by atoms with Gasteiger partial charge < -0.3 is 14.6 Å². The maximum atomic E-state index is 13.6. The topological polar surface area (TPSA) is 95.6 Å². The maximum Gasteiger partial charge on any atom is 0.159 e. The van der Waals surface area contributed by atoms with E-state index in [1.54, 1.807) is 12.4 Å². The van der Waals surface area contributed by atoms with Gasteiger partial charge in [0.05, 0.1) is 30.4 Å². The van der Waals surface area contributed by atoms with Crippen molar-refractivity contribution in [3.8, 4) is 22.6 Å². The SMILES string of the molecule is Fc1cncc(-c2ccc3[nH]nc(-c4nc5c(N6CCOCC6)nccc5[nH]4)c3c2)c1. The Morgan fingerprint density at radius 1 is 1.00 bits per heavy atom. The molecule has 1 fully saturated rings. The second kappa shape index (κ2) is 7.13. The first-order valence-electron chi connectivity index (χ1n) is 10.0. The molecule has 0 spiro atoms. The summed E-state index contributed by atoms with van der Waals surface area (Å²) in [5.41, 5.74) is 4.83. The molecule has 5 aromatic rings. The van der Waals surface area contributed by atoms with Crippen molar-refractivity contribution in [3.05, 3.63) is 54.7 Å². The number of nitrogens with one attached hydrogen (secondary N) is 2. The van der Waals surface area contributed by atoms with Crippen LogP contribution < -0.4 is 4.90 Å². The van der Waals surface area contributed by atoms with Gasteiger partial charge in [0.25, 0.3) is 0 Å². The molecule has 2 N–H and O–H groups in total. The number of morpholine rings is 1. The van der Waals surface area contributed by atoms with Crippen molar-refractivity contribution in [3.63, 3.8) is 0 Å². The Balaban J connectivity index is 1.46. The summed E-state index contributed by atoms with van der Waals surface area (Å²) < 4.78 is 19.1. The van der Waals surface area contributed by atoms with Crippen molar-refractivity contribution >= 4 is 27.8 Å². The lowest BCUT2D eigenvalue weighted by Gasteiger charge is -2.27. The van der Waals surface area contributed by atoms with Gasteiger partial charge in [-0.1, -0.05) is 6.07 Å². The van der Waals surface area contributed by atoms with E-state index in [-0.39, 0.29) is 5.82 Å². The summed E-state index contributed by atoms with van der Waals surface area (Å²) in [6.07, 6.45) is 4.62. The molecule has 5 heterocycles. The Morgan fingerprint density at radius 2 is 1.90 bits per heavy atom. The summed E-state index contributed by atoms with van der Waals surface area (Å²) in [4.78, 5) is 18.9. The number of aromatic nitrogens is 6. The van der Waals surface area contributed by atoms with Crippen LogP contribution in [0.3, 0.4) is 0 Å². The van der Waals surface area contributed by atoms with Crippen LogP contribution in [0.2, 0.25) is 0 Å². The average molecular weight is 415 g/mol. The minimum atomic E-state index is -0.370. The van der Waals surface area contributed by atoms with Crippen LogP contribution in [0.5, 0.6) is 0 Å². The largest absolute Gasteiger partial charge is 0.378 e. The molecule has 0 atom stereocenters. The molecule has 0 radical (unpaired) electrons. The Morgan fingerprint density at radius 3 is 2.77 bits per heavy atom. The zero-order valence-electron chi connectivity index (χ0n) is 16.5. The molecular weight excluding hydrogens is 397 g/mol. The highest BCUT2D eigenvalue weighted by Gasteiger charge is 2.20. The second-order valence-corrected chi connectivity index (χ2v) is 7.44. The quantitative estimate of drug-likeness (QED) is 0.468. The van der Waals surface area contributed by atoms with Gasteiger partial charge in [0.2, 0.25) is 0 Å². The number of imidazole rings is 1. The number of pyridine rings is 2. The van der Waals surface area contributed by atoms with Crippen molar-refractivity contribution in [2.75, 3.05) is 31.2 Å². The number of ether oxygens (including phenoxy) is 1. The number of hydrogen-bond donors (Lipinski definition) is 2. The van der Waals surface area contributed by atoms with E-state index >= 15 is 0 Å². The number of aromatic amines is 2. The molecule has 0 aliphatic carbocycles. The highest BCUT2D eigenvalue weighted by Crippen LogP contribution is 2.32. The van der Waals surface area contributed by atoms with E-state index in [2.05, 4.69) is 30.0 Å². The van der Waals surface area contributed by atoms with E-state index in [1.165, 1.54) is 12.3 Å². The molecule has 1 aromatic carbocycles. The Bertz CT molecular complexity index is 1400. The first-order chi connectivity index (χ1) is 15.3. The smallest absolute Gasteiger partial charge is 0.159 e. The lowest BCUT2D eigenvalue weighted by molar-refractivity contribution is 0.122. The second-order valence-electron chi connectivity index (χ2n) is 7.44. The molecule has 0 saturated carbocycles. The molecule has 0 amide bonds. The average Bonchev–Trinajstić information content (AvgIpc) is 3.43. The van der Waals surface area contributed by atoms with Gasteiger partial charge in [-0.05, 0) is 29.8 Å². The van der Waals surface area contributed by atoms with E-state index < -0.39 is 0 Å². The summed E-state index contributed by atoms with van der Waals surface area (Å²) in [6, 6.07) is 9.19. The Labute approximate surface area is 176 Å². The molecule has 6 rings (SSSR count). The van der Waals surface area contributed by atoms with Gasteiger partial charge in [-0.2, -0.15) is 5.10 Å². The van der Waals surface area contributed by atoms with Crippen molar-refractivity contribution in [1.29, 1.82) is 0 Å². The lowest BCUT2D eigenvalue weighted by atomic mass is 10.0. The zero-order valence-corrected chi connectivity index (χ0v) is 16.5. The summed E-state index contributed by atoms with van der Waals surface area (Å²) >= 11 is 0.